The summed E-state index contributed by atoms with van der Waals surface area (Å²) in [5.74, 6) is -0.884. The fraction of sp³-hybridized carbons (Fsp3) is 0.562. The van der Waals surface area contributed by atoms with E-state index < -0.39 is 5.92 Å². The Morgan fingerprint density at radius 3 is 2.80 bits per heavy atom. The molecule has 0 amide bonds. The number of ether oxygens (including phenoxy) is 1. The summed E-state index contributed by atoms with van der Waals surface area (Å²) in [5, 5.41) is 9.47. The minimum atomic E-state index is -0.572. The first kappa shape index (κ1) is 15.0. The maximum absolute atomic E-state index is 12.2. The van der Waals surface area contributed by atoms with Crippen LogP contribution >= 0.6 is 0 Å². The Bertz CT molecular complexity index is 421. The van der Waals surface area contributed by atoms with Crippen LogP contribution in [0.2, 0.25) is 0 Å². The van der Waals surface area contributed by atoms with Crippen LogP contribution in [0.15, 0.2) is 30.3 Å². The molecule has 1 heterocycles. The lowest BCUT2D eigenvalue weighted by molar-refractivity contribution is -0.152. The molecule has 0 spiro atoms. The van der Waals surface area contributed by atoms with E-state index in [-0.39, 0.29) is 18.7 Å². The zero-order chi connectivity index (χ0) is 14.4. The Morgan fingerprint density at radius 2 is 2.10 bits per heavy atom. The van der Waals surface area contributed by atoms with Gasteiger partial charge in [0.1, 0.15) is 12.0 Å². The molecule has 1 saturated heterocycles. The monoisotopic (exact) mass is 277 g/mol. The van der Waals surface area contributed by atoms with E-state index in [2.05, 4.69) is 11.9 Å². The largest absolute Gasteiger partial charge is 0.462 e. The van der Waals surface area contributed by atoms with E-state index in [1.165, 1.54) is 0 Å². The summed E-state index contributed by atoms with van der Waals surface area (Å²) in [6.45, 7) is 1.79. The number of nitrogens with zero attached hydrogens (tertiary/aromatic N) is 1. The first-order valence-corrected chi connectivity index (χ1v) is 7.25. The second-order valence-electron chi connectivity index (χ2n) is 5.44. The predicted octanol–water partition coefficient (Wildman–Crippen LogP) is 1.79. The van der Waals surface area contributed by atoms with Crippen molar-refractivity contribution < 1.29 is 14.6 Å². The summed E-state index contributed by atoms with van der Waals surface area (Å²) in [5.41, 5.74) is 0.811. The predicted molar refractivity (Wildman–Crippen MR) is 77.5 cm³/mol. The highest BCUT2D eigenvalue weighted by Crippen LogP contribution is 2.20. The molecule has 0 saturated carbocycles. The lowest BCUT2D eigenvalue weighted by atomic mass is 10.0. The van der Waals surface area contributed by atoms with Crippen LogP contribution in [0.1, 0.15) is 30.7 Å². The zero-order valence-electron chi connectivity index (χ0n) is 12.0. The number of aliphatic hydroxyl groups is 1. The minimum Gasteiger partial charge on any atom is -0.462 e. The van der Waals surface area contributed by atoms with Crippen molar-refractivity contribution in [3.05, 3.63) is 35.9 Å². The van der Waals surface area contributed by atoms with Gasteiger partial charge in [0.2, 0.25) is 0 Å². The van der Waals surface area contributed by atoms with E-state index in [0.717, 1.165) is 37.9 Å². The highest BCUT2D eigenvalue weighted by molar-refractivity contribution is 5.78. The van der Waals surface area contributed by atoms with Gasteiger partial charge in [0.15, 0.2) is 0 Å². The van der Waals surface area contributed by atoms with E-state index in [1.54, 1.807) is 0 Å². The zero-order valence-corrected chi connectivity index (χ0v) is 12.0. The van der Waals surface area contributed by atoms with E-state index >= 15 is 0 Å². The van der Waals surface area contributed by atoms with Crippen LogP contribution < -0.4 is 0 Å². The van der Waals surface area contributed by atoms with E-state index in [1.807, 2.05) is 30.3 Å². The molecular weight excluding hydrogens is 254 g/mol. The smallest absolute Gasteiger partial charge is 0.316 e. The molecule has 4 nitrogen and oxygen atoms in total. The summed E-state index contributed by atoms with van der Waals surface area (Å²) in [6.07, 6.45) is 2.80. The van der Waals surface area contributed by atoms with Crippen molar-refractivity contribution in [1.29, 1.82) is 0 Å². The first-order chi connectivity index (χ1) is 9.70. The third-order valence-electron chi connectivity index (χ3n) is 3.85. The number of aliphatic hydroxyl groups excluding tert-OH is 1. The number of hydrogen-bond acceptors (Lipinski definition) is 4. The Hall–Kier alpha value is -1.39. The quantitative estimate of drug-likeness (QED) is 0.853. The fourth-order valence-electron chi connectivity index (χ4n) is 2.58. The van der Waals surface area contributed by atoms with Gasteiger partial charge in [-0.3, -0.25) is 4.79 Å². The third kappa shape index (κ3) is 4.05. The molecule has 4 heteroatoms. The molecule has 1 N–H and O–H groups in total. The number of hydrogen-bond donors (Lipinski definition) is 1. The summed E-state index contributed by atoms with van der Waals surface area (Å²) in [6, 6.07) is 9.33. The molecule has 0 radical (unpaired) electrons. The van der Waals surface area contributed by atoms with Crippen LogP contribution in [-0.2, 0) is 9.53 Å². The summed E-state index contributed by atoms with van der Waals surface area (Å²) in [4.78, 5) is 14.5. The van der Waals surface area contributed by atoms with Gasteiger partial charge in [-0.15, -0.1) is 0 Å². The fourth-order valence-corrected chi connectivity index (χ4v) is 2.58. The molecule has 110 valence electrons. The van der Waals surface area contributed by atoms with Crippen LogP contribution in [0.25, 0.3) is 0 Å². The van der Waals surface area contributed by atoms with Gasteiger partial charge in [0.05, 0.1) is 6.61 Å². The van der Waals surface area contributed by atoms with Gasteiger partial charge < -0.3 is 14.7 Å². The Labute approximate surface area is 120 Å². The molecule has 2 rings (SSSR count). The highest BCUT2D eigenvalue weighted by Gasteiger charge is 2.25. The molecule has 1 unspecified atom stereocenters. The highest BCUT2D eigenvalue weighted by atomic mass is 16.5. The first-order valence-electron chi connectivity index (χ1n) is 7.25. The van der Waals surface area contributed by atoms with Crippen LogP contribution in [0.5, 0.6) is 0 Å². The molecule has 0 aliphatic carbocycles. The Kier molecular flexibility index (Phi) is 5.56. The van der Waals surface area contributed by atoms with Gasteiger partial charge in [-0.25, -0.2) is 0 Å². The SMILES string of the molecule is CN1CCCC(OC(=O)[C@H](CO)c2ccccc2)CC1. The molecular formula is C16H23NO3. The topological polar surface area (TPSA) is 49.8 Å². The van der Waals surface area contributed by atoms with Crippen molar-refractivity contribution >= 4 is 5.97 Å². The molecule has 0 aromatic heterocycles. The van der Waals surface area contributed by atoms with Gasteiger partial charge in [0, 0.05) is 6.54 Å². The van der Waals surface area contributed by atoms with Crippen LogP contribution in [0, 0.1) is 0 Å². The van der Waals surface area contributed by atoms with Gasteiger partial charge in [-0.05, 0) is 38.4 Å². The van der Waals surface area contributed by atoms with Crippen molar-refractivity contribution in [2.45, 2.75) is 31.3 Å². The number of benzene rings is 1. The van der Waals surface area contributed by atoms with Crippen molar-refractivity contribution in [3.8, 4) is 0 Å². The molecule has 1 aromatic rings. The van der Waals surface area contributed by atoms with Gasteiger partial charge in [-0.1, -0.05) is 30.3 Å². The number of rotatable bonds is 4. The van der Waals surface area contributed by atoms with Gasteiger partial charge >= 0.3 is 5.97 Å². The van der Waals surface area contributed by atoms with E-state index in [4.69, 9.17) is 4.74 Å². The van der Waals surface area contributed by atoms with Crippen molar-refractivity contribution in [2.75, 3.05) is 26.7 Å². The molecule has 1 aliphatic rings. The van der Waals surface area contributed by atoms with Crippen molar-refractivity contribution in [1.82, 2.24) is 4.90 Å². The molecule has 1 fully saturated rings. The lowest BCUT2D eigenvalue weighted by Gasteiger charge is -2.20. The van der Waals surface area contributed by atoms with Crippen LogP contribution in [0.4, 0.5) is 0 Å². The summed E-state index contributed by atoms with van der Waals surface area (Å²) < 4.78 is 5.60. The Balaban J connectivity index is 1.95. The van der Waals surface area contributed by atoms with E-state index in [0.29, 0.717) is 0 Å². The Morgan fingerprint density at radius 1 is 1.35 bits per heavy atom. The van der Waals surface area contributed by atoms with Gasteiger partial charge in [0.25, 0.3) is 0 Å². The number of likely N-dealkylation sites (tertiary alicyclic amines) is 1. The molecule has 2 atom stereocenters. The number of carbonyl (C=O) groups excluding carboxylic acids is 1. The second-order valence-corrected chi connectivity index (χ2v) is 5.44. The summed E-state index contributed by atoms with van der Waals surface area (Å²) in [7, 11) is 2.09. The number of carbonyl (C=O) groups is 1. The van der Waals surface area contributed by atoms with Crippen LogP contribution in [0.3, 0.4) is 0 Å². The van der Waals surface area contributed by atoms with E-state index in [9.17, 15) is 9.90 Å². The van der Waals surface area contributed by atoms with Crippen LogP contribution in [-0.4, -0.2) is 48.8 Å². The van der Waals surface area contributed by atoms with Crippen molar-refractivity contribution in [2.24, 2.45) is 0 Å². The maximum atomic E-state index is 12.2. The lowest BCUT2D eigenvalue weighted by Crippen LogP contribution is -2.26. The molecule has 1 aromatic carbocycles. The maximum Gasteiger partial charge on any atom is 0.316 e. The minimum absolute atomic E-state index is 0.0230. The normalized spacial score (nSPS) is 22.0. The average Bonchev–Trinajstić information content (AvgIpc) is 2.66. The van der Waals surface area contributed by atoms with Crippen molar-refractivity contribution in [3.63, 3.8) is 0 Å². The standard InChI is InChI=1S/C16H23NO3/c1-17-10-5-8-14(9-11-17)20-16(19)15(12-18)13-6-3-2-4-7-13/h2-4,6-7,14-15,18H,5,8-12H2,1H3/t14?,15-/m1/s1. The average molecular weight is 277 g/mol. The number of esters is 1. The summed E-state index contributed by atoms with van der Waals surface area (Å²) >= 11 is 0. The molecule has 20 heavy (non-hydrogen) atoms. The third-order valence-corrected chi connectivity index (χ3v) is 3.85. The second kappa shape index (κ2) is 7.41. The molecule has 1 aliphatic heterocycles. The molecule has 0 bridgehead atoms. The van der Waals surface area contributed by atoms with Gasteiger partial charge in [-0.2, -0.15) is 0 Å².